The number of nitrogens with zero attached hydrogens (tertiary/aromatic N) is 1. The summed E-state index contributed by atoms with van der Waals surface area (Å²) in [5.74, 6) is 0.672. The number of rotatable bonds is 5. The Balaban J connectivity index is 2.06. The highest BCUT2D eigenvalue weighted by molar-refractivity contribution is 7.98. The van der Waals surface area contributed by atoms with Gasteiger partial charge in [0.25, 0.3) is 0 Å². The summed E-state index contributed by atoms with van der Waals surface area (Å²) in [7, 11) is 1.64. The summed E-state index contributed by atoms with van der Waals surface area (Å²) in [5, 5.41) is 3.38. The first-order valence-electron chi connectivity index (χ1n) is 5.69. The SMILES string of the molecule is COc1ncccc1CNc1cccc(SC)c1. The maximum absolute atomic E-state index is 5.22. The lowest BCUT2D eigenvalue weighted by atomic mass is 10.2. The summed E-state index contributed by atoms with van der Waals surface area (Å²) in [6, 6.07) is 12.3. The van der Waals surface area contributed by atoms with Gasteiger partial charge in [0, 0.05) is 28.9 Å². The highest BCUT2D eigenvalue weighted by Crippen LogP contribution is 2.20. The minimum Gasteiger partial charge on any atom is -0.481 e. The molecule has 2 aromatic rings. The Morgan fingerprint density at radius 2 is 2.17 bits per heavy atom. The highest BCUT2D eigenvalue weighted by atomic mass is 32.2. The molecular weight excluding hydrogens is 244 g/mol. The quantitative estimate of drug-likeness (QED) is 0.835. The Kier molecular flexibility index (Phi) is 4.47. The zero-order valence-corrected chi connectivity index (χ0v) is 11.3. The Labute approximate surface area is 112 Å². The van der Waals surface area contributed by atoms with Crippen molar-refractivity contribution < 1.29 is 4.74 Å². The lowest BCUT2D eigenvalue weighted by molar-refractivity contribution is 0.393. The molecule has 3 nitrogen and oxygen atoms in total. The maximum atomic E-state index is 5.22. The van der Waals surface area contributed by atoms with Crippen molar-refractivity contribution in [3.05, 3.63) is 48.2 Å². The molecule has 0 saturated carbocycles. The average molecular weight is 260 g/mol. The summed E-state index contributed by atoms with van der Waals surface area (Å²) in [5.41, 5.74) is 2.15. The number of thioether (sulfide) groups is 1. The molecule has 0 unspecified atom stereocenters. The number of aromatic nitrogens is 1. The van der Waals surface area contributed by atoms with Crippen LogP contribution < -0.4 is 10.1 Å². The fourth-order valence-electron chi connectivity index (χ4n) is 1.67. The van der Waals surface area contributed by atoms with Crippen LogP contribution in [0.1, 0.15) is 5.56 Å². The minimum atomic E-state index is 0.672. The number of hydrogen-bond acceptors (Lipinski definition) is 4. The van der Waals surface area contributed by atoms with Gasteiger partial charge in [0.1, 0.15) is 0 Å². The maximum Gasteiger partial charge on any atom is 0.218 e. The smallest absolute Gasteiger partial charge is 0.218 e. The molecule has 0 fully saturated rings. The van der Waals surface area contributed by atoms with Crippen LogP contribution in [0.25, 0.3) is 0 Å². The molecule has 18 heavy (non-hydrogen) atoms. The van der Waals surface area contributed by atoms with E-state index in [4.69, 9.17) is 4.74 Å². The third kappa shape index (κ3) is 3.17. The molecule has 0 aliphatic carbocycles. The van der Waals surface area contributed by atoms with Crippen molar-refractivity contribution >= 4 is 17.4 Å². The molecule has 0 saturated heterocycles. The molecule has 1 aromatic heterocycles. The van der Waals surface area contributed by atoms with Crippen LogP contribution >= 0.6 is 11.8 Å². The monoisotopic (exact) mass is 260 g/mol. The van der Waals surface area contributed by atoms with E-state index in [0.29, 0.717) is 12.4 Å². The largest absolute Gasteiger partial charge is 0.481 e. The molecule has 4 heteroatoms. The van der Waals surface area contributed by atoms with Gasteiger partial charge < -0.3 is 10.1 Å². The van der Waals surface area contributed by atoms with Gasteiger partial charge in [-0.25, -0.2) is 4.98 Å². The molecule has 1 aromatic carbocycles. The fourth-order valence-corrected chi connectivity index (χ4v) is 2.13. The minimum absolute atomic E-state index is 0.672. The Morgan fingerprint density at radius 1 is 1.28 bits per heavy atom. The van der Waals surface area contributed by atoms with E-state index >= 15 is 0 Å². The van der Waals surface area contributed by atoms with E-state index < -0.39 is 0 Å². The Hall–Kier alpha value is -1.68. The van der Waals surface area contributed by atoms with Crippen molar-refractivity contribution in [3.8, 4) is 5.88 Å². The van der Waals surface area contributed by atoms with Gasteiger partial charge in [0.05, 0.1) is 7.11 Å². The van der Waals surface area contributed by atoms with Crippen molar-refractivity contribution in [2.75, 3.05) is 18.7 Å². The van der Waals surface area contributed by atoms with Crippen LogP contribution in [0.2, 0.25) is 0 Å². The molecule has 0 atom stereocenters. The molecule has 1 N–H and O–H groups in total. The van der Waals surface area contributed by atoms with Gasteiger partial charge in [-0.15, -0.1) is 11.8 Å². The average Bonchev–Trinajstić information content (AvgIpc) is 2.45. The predicted molar refractivity (Wildman–Crippen MR) is 76.3 cm³/mol. The lowest BCUT2D eigenvalue weighted by Gasteiger charge is -2.10. The second-order valence-corrected chi connectivity index (χ2v) is 4.64. The number of hydrogen-bond donors (Lipinski definition) is 1. The third-order valence-electron chi connectivity index (χ3n) is 2.60. The van der Waals surface area contributed by atoms with Gasteiger partial charge in [0.2, 0.25) is 5.88 Å². The van der Waals surface area contributed by atoms with Gasteiger partial charge in [-0.3, -0.25) is 0 Å². The number of anilines is 1. The van der Waals surface area contributed by atoms with Crippen LogP contribution in [0.4, 0.5) is 5.69 Å². The molecular formula is C14H16N2OS. The van der Waals surface area contributed by atoms with Crippen molar-refractivity contribution in [2.45, 2.75) is 11.4 Å². The van der Waals surface area contributed by atoms with Crippen LogP contribution in [0, 0.1) is 0 Å². The van der Waals surface area contributed by atoms with Crippen LogP contribution in [0.5, 0.6) is 5.88 Å². The number of benzene rings is 1. The zero-order chi connectivity index (χ0) is 12.8. The van der Waals surface area contributed by atoms with Gasteiger partial charge >= 0.3 is 0 Å². The molecule has 2 rings (SSSR count). The Bertz CT molecular complexity index is 517. The zero-order valence-electron chi connectivity index (χ0n) is 10.5. The van der Waals surface area contributed by atoms with Gasteiger partial charge in [-0.1, -0.05) is 12.1 Å². The first-order chi connectivity index (χ1) is 8.83. The molecule has 94 valence electrons. The lowest BCUT2D eigenvalue weighted by Crippen LogP contribution is -2.02. The molecule has 0 bridgehead atoms. The molecule has 0 radical (unpaired) electrons. The first-order valence-corrected chi connectivity index (χ1v) is 6.92. The fraction of sp³-hybridized carbons (Fsp3) is 0.214. The molecule has 0 amide bonds. The molecule has 0 aliphatic heterocycles. The van der Waals surface area contributed by atoms with E-state index in [-0.39, 0.29) is 0 Å². The van der Waals surface area contributed by atoms with E-state index in [9.17, 15) is 0 Å². The van der Waals surface area contributed by atoms with Crippen LogP contribution in [-0.4, -0.2) is 18.3 Å². The summed E-state index contributed by atoms with van der Waals surface area (Å²) in [4.78, 5) is 5.43. The van der Waals surface area contributed by atoms with Crippen molar-refractivity contribution in [1.29, 1.82) is 0 Å². The molecule has 0 aliphatic rings. The number of methoxy groups -OCH3 is 1. The number of ether oxygens (including phenoxy) is 1. The van der Waals surface area contributed by atoms with E-state index in [1.54, 1.807) is 25.1 Å². The van der Waals surface area contributed by atoms with E-state index in [0.717, 1.165) is 11.3 Å². The number of pyridine rings is 1. The van der Waals surface area contributed by atoms with E-state index in [1.807, 2.05) is 12.1 Å². The standard InChI is InChI=1S/C14H16N2OS/c1-17-14-11(5-4-8-15-14)10-16-12-6-3-7-13(9-12)18-2/h3-9,16H,10H2,1-2H3. The highest BCUT2D eigenvalue weighted by Gasteiger charge is 2.02. The normalized spacial score (nSPS) is 10.1. The number of nitrogens with one attached hydrogen (secondary N) is 1. The Morgan fingerprint density at radius 3 is 2.94 bits per heavy atom. The van der Waals surface area contributed by atoms with Gasteiger partial charge in [0.15, 0.2) is 0 Å². The molecule has 1 heterocycles. The van der Waals surface area contributed by atoms with Crippen molar-refractivity contribution in [2.24, 2.45) is 0 Å². The van der Waals surface area contributed by atoms with Crippen LogP contribution in [0.15, 0.2) is 47.5 Å². The van der Waals surface area contributed by atoms with Crippen LogP contribution in [0.3, 0.4) is 0 Å². The topological polar surface area (TPSA) is 34.1 Å². The predicted octanol–water partition coefficient (Wildman–Crippen LogP) is 3.42. The van der Waals surface area contributed by atoms with Crippen LogP contribution in [-0.2, 0) is 6.54 Å². The van der Waals surface area contributed by atoms with E-state index in [1.165, 1.54) is 4.90 Å². The van der Waals surface area contributed by atoms with Gasteiger partial charge in [-0.05, 0) is 30.5 Å². The molecule has 0 spiro atoms. The third-order valence-corrected chi connectivity index (χ3v) is 3.32. The summed E-state index contributed by atoms with van der Waals surface area (Å²) < 4.78 is 5.22. The summed E-state index contributed by atoms with van der Waals surface area (Å²) >= 11 is 1.74. The van der Waals surface area contributed by atoms with Crippen molar-refractivity contribution in [1.82, 2.24) is 4.98 Å². The van der Waals surface area contributed by atoms with Crippen molar-refractivity contribution in [3.63, 3.8) is 0 Å². The second-order valence-electron chi connectivity index (χ2n) is 3.76. The summed E-state index contributed by atoms with van der Waals surface area (Å²) in [6.45, 7) is 0.703. The second kappa shape index (κ2) is 6.31. The summed E-state index contributed by atoms with van der Waals surface area (Å²) in [6.07, 6.45) is 3.81. The van der Waals surface area contributed by atoms with E-state index in [2.05, 4.69) is 40.8 Å². The first kappa shape index (κ1) is 12.8. The van der Waals surface area contributed by atoms with Gasteiger partial charge in [-0.2, -0.15) is 0 Å².